The minimum Gasteiger partial charge on any atom is -0.480 e. The van der Waals surface area contributed by atoms with Gasteiger partial charge in [-0.2, -0.15) is 4.98 Å². The molecule has 4 rings (SSSR count). The van der Waals surface area contributed by atoms with Gasteiger partial charge in [-0.3, -0.25) is 4.79 Å². The fraction of sp³-hybridized carbons (Fsp3) is 0.240. The van der Waals surface area contributed by atoms with Crippen LogP contribution in [0.5, 0.6) is 5.88 Å². The van der Waals surface area contributed by atoms with E-state index in [9.17, 15) is 4.79 Å². The molecule has 0 aliphatic rings. The van der Waals surface area contributed by atoms with Gasteiger partial charge in [0, 0.05) is 20.2 Å². The maximum absolute atomic E-state index is 13.8. The number of hydrogen-bond donors (Lipinski definition) is 0. The summed E-state index contributed by atoms with van der Waals surface area (Å²) < 4.78 is 10.7. The summed E-state index contributed by atoms with van der Waals surface area (Å²) in [6.45, 7) is 3.23. The first-order chi connectivity index (χ1) is 15.6. The first-order valence-corrected chi connectivity index (χ1v) is 11.1. The zero-order chi connectivity index (χ0) is 22.5. The van der Waals surface area contributed by atoms with Gasteiger partial charge in [0.1, 0.15) is 11.4 Å². The van der Waals surface area contributed by atoms with E-state index >= 15 is 0 Å². The van der Waals surface area contributed by atoms with E-state index < -0.39 is 0 Å². The van der Waals surface area contributed by atoms with Crippen molar-refractivity contribution in [3.63, 3.8) is 0 Å². The van der Waals surface area contributed by atoms with Crippen LogP contribution in [0.4, 0.5) is 0 Å². The van der Waals surface area contributed by atoms with Crippen LogP contribution in [0.3, 0.4) is 0 Å². The molecule has 6 nitrogen and oxygen atoms in total. The lowest BCUT2D eigenvalue weighted by atomic mass is 10.1. The molecule has 0 aliphatic carbocycles. The van der Waals surface area contributed by atoms with Crippen molar-refractivity contribution in [2.45, 2.75) is 26.6 Å². The number of rotatable bonds is 8. The maximum Gasteiger partial charge on any atom is 0.264 e. The molecule has 0 fully saturated rings. The molecule has 2 heterocycles. The summed E-state index contributed by atoms with van der Waals surface area (Å²) >= 11 is 1.37. The molecule has 0 saturated heterocycles. The number of carbonyl (C=O) groups is 1. The third kappa shape index (κ3) is 4.64. The topological polar surface area (TPSA) is 64.6 Å². The SMILES string of the molecule is COCc1nc(OC)c2c(C)c(C(=O)N(Cc3ccccc3)Cc3ccccc3)sc2n1. The molecule has 1 amide bonds. The van der Waals surface area contributed by atoms with Crippen LogP contribution in [-0.2, 0) is 24.4 Å². The first kappa shape index (κ1) is 21.9. The third-order valence-electron chi connectivity index (χ3n) is 5.18. The Kier molecular flexibility index (Phi) is 6.78. The monoisotopic (exact) mass is 447 g/mol. The van der Waals surface area contributed by atoms with Crippen LogP contribution in [0.2, 0.25) is 0 Å². The molecule has 164 valence electrons. The Balaban J connectivity index is 1.74. The van der Waals surface area contributed by atoms with E-state index in [0.717, 1.165) is 26.9 Å². The number of ether oxygens (including phenoxy) is 2. The van der Waals surface area contributed by atoms with Crippen LogP contribution in [0.1, 0.15) is 32.2 Å². The number of amides is 1. The second-order valence-electron chi connectivity index (χ2n) is 7.45. The molecule has 0 bridgehead atoms. The van der Waals surface area contributed by atoms with E-state index in [1.807, 2.05) is 72.5 Å². The van der Waals surface area contributed by atoms with Gasteiger partial charge in [0.05, 0.1) is 17.4 Å². The lowest BCUT2D eigenvalue weighted by molar-refractivity contribution is 0.0734. The number of aryl methyl sites for hydroxylation is 1. The van der Waals surface area contributed by atoms with Crippen molar-refractivity contribution < 1.29 is 14.3 Å². The molecular weight excluding hydrogens is 422 g/mol. The molecular formula is C25H25N3O3S. The number of aromatic nitrogens is 2. The summed E-state index contributed by atoms with van der Waals surface area (Å²) in [6, 6.07) is 20.1. The van der Waals surface area contributed by atoms with E-state index in [1.54, 1.807) is 14.2 Å². The average Bonchev–Trinajstić information content (AvgIpc) is 3.15. The fourth-order valence-electron chi connectivity index (χ4n) is 3.64. The van der Waals surface area contributed by atoms with Crippen molar-refractivity contribution in [2.75, 3.05) is 14.2 Å². The zero-order valence-corrected chi connectivity index (χ0v) is 19.2. The van der Waals surface area contributed by atoms with Crippen LogP contribution in [0, 0.1) is 6.92 Å². The maximum atomic E-state index is 13.8. The highest BCUT2D eigenvalue weighted by molar-refractivity contribution is 7.20. The number of carbonyl (C=O) groups excluding carboxylic acids is 1. The molecule has 4 aromatic rings. The van der Waals surface area contributed by atoms with E-state index in [4.69, 9.17) is 9.47 Å². The van der Waals surface area contributed by atoms with E-state index in [0.29, 0.717) is 29.7 Å². The van der Waals surface area contributed by atoms with Crippen LogP contribution < -0.4 is 4.74 Å². The summed E-state index contributed by atoms with van der Waals surface area (Å²) in [5, 5.41) is 0.778. The molecule has 0 atom stereocenters. The second-order valence-corrected chi connectivity index (χ2v) is 8.45. The highest BCUT2D eigenvalue weighted by Crippen LogP contribution is 2.36. The Morgan fingerprint density at radius 1 is 0.938 bits per heavy atom. The number of fused-ring (bicyclic) bond motifs is 1. The Morgan fingerprint density at radius 2 is 1.53 bits per heavy atom. The van der Waals surface area contributed by atoms with Crippen LogP contribution >= 0.6 is 11.3 Å². The first-order valence-electron chi connectivity index (χ1n) is 10.3. The smallest absolute Gasteiger partial charge is 0.264 e. The lowest BCUT2D eigenvalue weighted by Crippen LogP contribution is -2.30. The molecule has 2 aromatic heterocycles. The van der Waals surface area contributed by atoms with Crippen molar-refractivity contribution >= 4 is 27.5 Å². The van der Waals surface area contributed by atoms with Gasteiger partial charge in [0.15, 0.2) is 5.82 Å². The third-order valence-corrected chi connectivity index (χ3v) is 6.36. The molecule has 2 aromatic carbocycles. The normalized spacial score (nSPS) is 11.0. The highest BCUT2D eigenvalue weighted by atomic mass is 32.1. The van der Waals surface area contributed by atoms with Gasteiger partial charge >= 0.3 is 0 Å². The van der Waals surface area contributed by atoms with Crippen molar-refractivity contribution in [1.29, 1.82) is 0 Å². The quantitative estimate of drug-likeness (QED) is 0.380. The number of thiophene rings is 1. The van der Waals surface area contributed by atoms with Crippen LogP contribution in [-0.4, -0.2) is 35.0 Å². The van der Waals surface area contributed by atoms with Crippen molar-refractivity contribution in [3.05, 3.63) is 88.1 Å². The number of hydrogen-bond acceptors (Lipinski definition) is 6. The average molecular weight is 448 g/mol. The molecule has 0 N–H and O–H groups in total. The van der Waals surface area contributed by atoms with Crippen molar-refractivity contribution in [3.8, 4) is 5.88 Å². The van der Waals surface area contributed by atoms with Gasteiger partial charge in [0.2, 0.25) is 5.88 Å². The minimum atomic E-state index is -0.0337. The van der Waals surface area contributed by atoms with E-state index in [2.05, 4.69) is 9.97 Å². The number of methoxy groups -OCH3 is 2. The summed E-state index contributed by atoms with van der Waals surface area (Å²) in [4.78, 5) is 26.1. The Hall–Kier alpha value is -3.29. The Morgan fingerprint density at radius 3 is 2.06 bits per heavy atom. The van der Waals surface area contributed by atoms with Crippen molar-refractivity contribution in [2.24, 2.45) is 0 Å². The summed E-state index contributed by atoms with van der Waals surface area (Å²) in [5.74, 6) is 0.962. The molecule has 0 saturated carbocycles. The summed E-state index contributed by atoms with van der Waals surface area (Å²) in [6.07, 6.45) is 0. The molecule has 0 spiro atoms. The number of nitrogens with zero attached hydrogens (tertiary/aromatic N) is 3. The zero-order valence-electron chi connectivity index (χ0n) is 18.4. The molecule has 0 radical (unpaired) electrons. The Labute approximate surface area is 191 Å². The lowest BCUT2D eigenvalue weighted by Gasteiger charge is -2.23. The van der Waals surface area contributed by atoms with Gasteiger partial charge in [-0.05, 0) is 23.6 Å². The van der Waals surface area contributed by atoms with Crippen molar-refractivity contribution in [1.82, 2.24) is 14.9 Å². The van der Waals surface area contributed by atoms with Gasteiger partial charge in [0.25, 0.3) is 5.91 Å². The minimum absolute atomic E-state index is 0.0337. The molecule has 0 unspecified atom stereocenters. The van der Waals surface area contributed by atoms with Gasteiger partial charge in [-0.25, -0.2) is 4.98 Å². The molecule has 7 heteroatoms. The number of benzene rings is 2. The largest absolute Gasteiger partial charge is 0.480 e. The highest BCUT2D eigenvalue weighted by Gasteiger charge is 2.25. The van der Waals surface area contributed by atoms with Gasteiger partial charge in [-0.1, -0.05) is 60.7 Å². The summed E-state index contributed by atoms with van der Waals surface area (Å²) in [5.41, 5.74) is 2.99. The van der Waals surface area contributed by atoms with E-state index in [1.165, 1.54) is 11.3 Å². The van der Waals surface area contributed by atoms with Crippen LogP contribution in [0.15, 0.2) is 60.7 Å². The predicted molar refractivity (Wildman–Crippen MR) is 126 cm³/mol. The van der Waals surface area contributed by atoms with Gasteiger partial charge < -0.3 is 14.4 Å². The predicted octanol–water partition coefficient (Wildman–Crippen LogP) is 5.00. The molecule has 0 aliphatic heterocycles. The standard InChI is InChI=1S/C25H25N3O3S/c1-17-21-23(31-3)26-20(16-30-2)27-24(21)32-22(17)25(29)28(14-18-10-6-4-7-11-18)15-19-12-8-5-9-13-19/h4-13H,14-16H2,1-3H3. The summed E-state index contributed by atoms with van der Waals surface area (Å²) in [7, 11) is 3.17. The fourth-order valence-corrected chi connectivity index (χ4v) is 4.80. The molecule has 32 heavy (non-hydrogen) atoms. The van der Waals surface area contributed by atoms with Gasteiger partial charge in [-0.15, -0.1) is 11.3 Å². The Bertz CT molecular complexity index is 1170. The van der Waals surface area contributed by atoms with E-state index in [-0.39, 0.29) is 12.5 Å². The van der Waals surface area contributed by atoms with Crippen LogP contribution in [0.25, 0.3) is 10.2 Å². The second kappa shape index (κ2) is 9.89.